The Morgan fingerprint density at radius 2 is 1.91 bits per heavy atom. The Morgan fingerprint density at radius 3 is 2.70 bits per heavy atom. The molecule has 0 aliphatic carbocycles. The van der Waals surface area contributed by atoms with E-state index in [-0.39, 0.29) is 23.7 Å². The maximum Gasteiger partial charge on any atom is 0.249 e. The second-order valence-corrected chi connectivity index (χ2v) is 6.50. The fourth-order valence-corrected chi connectivity index (χ4v) is 3.87. The average molecular weight is 331 g/mol. The highest BCUT2D eigenvalue weighted by Crippen LogP contribution is 2.38. The molecule has 3 nitrogen and oxygen atoms in total. The second kappa shape index (κ2) is 7.62. The van der Waals surface area contributed by atoms with Crippen molar-refractivity contribution in [3.8, 4) is 0 Å². The maximum atomic E-state index is 14.0. The summed E-state index contributed by atoms with van der Waals surface area (Å²) < 4.78 is 19.5. The molecule has 1 unspecified atom stereocenters. The van der Waals surface area contributed by atoms with E-state index in [1.807, 2.05) is 30.3 Å². The molecule has 0 radical (unpaired) electrons. The van der Waals surface area contributed by atoms with Gasteiger partial charge in [0, 0.05) is 17.9 Å². The first-order chi connectivity index (χ1) is 11.3. The van der Waals surface area contributed by atoms with Crippen LogP contribution in [0, 0.1) is 5.82 Å². The number of carbonyl (C=O) groups is 1. The molecule has 0 bridgehead atoms. The Kier molecular flexibility index (Phi) is 5.31. The Labute approximate surface area is 139 Å². The van der Waals surface area contributed by atoms with Crippen LogP contribution in [-0.4, -0.2) is 29.7 Å². The van der Waals surface area contributed by atoms with Crippen LogP contribution in [0.2, 0.25) is 0 Å². The predicted octanol–water partition coefficient (Wildman–Crippen LogP) is 3.62. The molecule has 1 fully saturated rings. The highest BCUT2D eigenvalue weighted by molar-refractivity contribution is 7.99. The third-order valence-electron chi connectivity index (χ3n) is 3.72. The van der Waals surface area contributed by atoms with Gasteiger partial charge in [-0.05, 0) is 11.6 Å². The molecule has 1 aliphatic heterocycles. The first kappa shape index (κ1) is 16.0. The summed E-state index contributed by atoms with van der Waals surface area (Å²) >= 11 is 1.59. The molecule has 1 saturated heterocycles. The first-order valence-electron chi connectivity index (χ1n) is 7.53. The Bertz CT molecular complexity index is 665. The monoisotopic (exact) mass is 331 g/mol. The Balaban J connectivity index is 1.59. The van der Waals surface area contributed by atoms with Crippen molar-refractivity contribution in [2.24, 2.45) is 0 Å². The van der Waals surface area contributed by atoms with Crippen LogP contribution in [-0.2, 0) is 16.1 Å². The van der Waals surface area contributed by atoms with Crippen molar-refractivity contribution in [1.82, 2.24) is 4.90 Å². The number of nitrogens with zero attached hydrogens (tertiary/aromatic N) is 1. The first-order valence-corrected chi connectivity index (χ1v) is 8.58. The van der Waals surface area contributed by atoms with Gasteiger partial charge < -0.3 is 9.64 Å². The number of carbonyl (C=O) groups excluding carboxylic acids is 1. The lowest BCUT2D eigenvalue weighted by atomic mass is 10.2. The standard InChI is InChI=1S/C18H18FNO2S/c19-16-9-5-4-8-15(16)18-20(10-11-23-18)17(21)13-22-12-14-6-2-1-3-7-14/h1-9,18H,10-13H2. The fourth-order valence-electron chi connectivity index (χ4n) is 2.57. The van der Waals surface area contributed by atoms with Gasteiger partial charge in [0.2, 0.25) is 5.91 Å². The topological polar surface area (TPSA) is 29.5 Å². The van der Waals surface area contributed by atoms with Gasteiger partial charge >= 0.3 is 0 Å². The normalized spacial score (nSPS) is 17.4. The van der Waals surface area contributed by atoms with Crippen LogP contribution in [0.15, 0.2) is 54.6 Å². The molecular formula is C18H18FNO2S. The third kappa shape index (κ3) is 3.92. The van der Waals surface area contributed by atoms with Gasteiger partial charge in [-0.25, -0.2) is 4.39 Å². The van der Waals surface area contributed by atoms with Gasteiger partial charge in [-0.15, -0.1) is 11.8 Å². The van der Waals surface area contributed by atoms with E-state index in [4.69, 9.17) is 4.74 Å². The highest BCUT2D eigenvalue weighted by Gasteiger charge is 2.32. The summed E-state index contributed by atoms with van der Waals surface area (Å²) in [6.45, 7) is 1.04. The van der Waals surface area contributed by atoms with Gasteiger partial charge in [-0.3, -0.25) is 4.79 Å². The minimum Gasteiger partial charge on any atom is -0.367 e. The number of hydrogen-bond donors (Lipinski definition) is 0. The summed E-state index contributed by atoms with van der Waals surface area (Å²) in [7, 11) is 0. The lowest BCUT2D eigenvalue weighted by molar-refractivity contribution is -0.136. The van der Waals surface area contributed by atoms with Gasteiger partial charge in [-0.2, -0.15) is 0 Å². The number of ether oxygens (including phenoxy) is 1. The van der Waals surface area contributed by atoms with E-state index >= 15 is 0 Å². The van der Waals surface area contributed by atoms with E-state index in [1.165, 1.54) is 6.07 Å². The van der Waals surface area contributed by atoms with E-state index in [0.29, 0.717) is 18.7 Å². The van der Waals surface area contributed by atoms with Crippen molar-refractivity contribution in [1.29, 1.82) is 0 Å². The molecule has 23 heavy (non-hydrogen) atoms. The van der Waals surface area contributed by atoms with Crippen LogP contribution in [0.1, 0.15) is 16.5 Å². The molecule has 5 heteroatoms. The van der Waals surface area contributed by atoms with E-state index in [0.717, 1.165) is 11.3 Å². The van der Waals surface area contributed by atoms with Crippen LogP contribution >= 0.6 is 11.8 Å². The van der Waals surface area contributed by atoms with Crippen molar-refractivity contribution in [3.05, 3.63) is 71.5 Å². The van der Waals surface area contributed by atoms with Gasteiger partial charge in [0.1, 0.15) is 17.8 Å². The Hall–Kier alpha value is -1.85. The molecule has 1 heterocycles. The van der Waals surface area contributed by atoms with E-state index in [9.17, 15) is 9.18 Å². The highest BCUT2D eigenvalue weighted by atomic mass is 32.2. The van der Waals surface area contributed by atoms with Crippen LogP contribution in [0.4, 0.5) is 4.39 Å². The quantitative estimate of drug-likeness (QED) is 0.838. The van der Waals surface area contributed by atoms with Crippen molar-refractivity contribution < 1.29 is 13.9 Å². The van der Waals surface area contributed by atoms with Crippen molar-refractivity contribution >= 4 is 17.7 Å². The molecule has 0 saturated carbocycles. The molecule has 0 aromatic heterocycles. The number of hydrogen-bond acceptors (Lipinski definition) is 3. The molecule has 0 spiro atoms. The van der Waals surface area contributed by atoms with Gasteiger partial charge in [0.15, 0.2) is 0 Å². The van der Waals surface area contributed by atoms with Crippen molar-refractivity contribution in [3.63, 3.8) is 0 Å². The van der Waals surface area contributed by atoms with Crippen LogP contribution in [0.3, 0.4) is 0 Å². The summed E-state index contributed by atoms with van der Waals surface area (Å²) in [6.07, 6.45) is 0. The molecule has 1 aliphatic rings. The Morgan fingerprint density at radius 1 is 1.17 bits per heavy atom. The van der Waals surface area contributed by atoms with Gasteiger partial charge in [-0.1, -0.05) is 48.5 Å². The summed E-state index contributed by atoms with van der Waals surface area (Å²) in [4.78, 5) is 14.1. The average Bonchev–Trinajstić information content (AvgIpc) is 3.06. The second-order valence-electron chi connectivity index (χ2n) is 5.31. The molecule has 2 aromatic carbocycles. The zero-order valence-electron chi connectivity index (χ0n) is 12.7. The minimum absolute atomic E-state index is 0.0143. The summed E-state index contributed by atoms with van der Waals surface area (Å²) in [5, 5.41) is -0.260. The molecule has 3 rings (SSSR count). The predicted molar refractivity (Wildman–Crippen MR) is 89.4 cm³/mol. The van der Waals surface area contributed by atoms with Gasteiger partial charge in [0.05, 0.1) is 6.61 Å². The van der Waals surface area contributed by atoms with Crippen LogP contribution in [0.25, 0.3) is 0 Å². The smallest absolute Gasteiger partial charge is 0.249 e. The number of benzene rings is 2. The van der Waals surface area contributed by atoms with Crippen molar-refractivity contribution in [2.75, 3.05) is 18.9 Å². The lowest BCUT2D eigenvalue weighted by Gasteiger charge is -2.24. The number of thioether (sulfide) groups is 1. The maximum absolute atomic E-state index is 14.0. The molecule has 2 aromatic rings. The largest absolute Gasteiger partial charge is 0.367 e. The summed E-state index contributed by atoms with van der Waals surface area (Å²) in [6, 6.07) is 16.4. The number of amides is 1. The van der Waals surface area contributed by atoms with E-state index < -0.39 is 0 Å². The molecule has 1 amide bonds. The molecule has 120 valence electrons. The third-order valence-corrected chi connectivity index (χ3v) is 4.96. The van der Waals surface area contributed by atoms with Crippen LogP contribution < -0.4 is 0 Å². The summed E-state index contributed by atoms with van der Waals surface area (Å²) in [5.41, 5.74) is 1.59. The van der Waals surface area contributed by atoms with E-state index in [2.05, 4.69) is 0 Å². The molecule has 0 N–H and O–H groups in total. The molecule has 1 atom stereocenters. The van der Waals surface area contributed by atoms with Crippen molar-refractivity contribution in [2.45, 2.75) is 12.0 Å². The molecular weight excluding hydrogens is 313 g/mol. The zero-order valence-corrected chi connectivity index (χ0v) is 13.5. The van der Waals surface area contributed by atoms with Crippen LogP contribution in [0.5, 0.6) is 0 Å². The number of rotatable bonds is 5. The van der Waals surface area contributed by atoms with E-state index in [1.54, 1.807) is 34.9 Å². The minimum atomic E-state index is -0.269. The SMILES string of the molecule is O=C(COCc1ccccc1)N1CCSC1c1ccccc1F. The number of halogens is 1. The summed E-state index contributed by atoms with van der Waals surface area (Å²) in [5.74, 6) is 0.442. The fraction of sp³-hybridized carbons (Fsp3) is 0.278. The van der Waals surface area contributed by atoms with Gasteiger partial charge in [0.25, 0.3) is 0 Å². The lowest BCUT2D eigenvalue weighted by Crippen LogP contribution is -2.33. The zero-order chi connectivity index (χ0) is 16.1.